The molecule has 0 aliphatic heterocycles. The van der Waals surface area contributed by atoms with Crippen LogP contribution in [0, 0.1) is 0 Å². The molecular formula is C12H20N2O3S. The molecule has 2 N–H and O–H groups in total. The fraction of sp³-hybridized carbons (Fsp3) is 0.500. The van der Waals surface area contributed by atoms with Crippen molar-refractivity contribution in [3.63, 3.8) is 0 Å². The summed E-state index contributed by atoms with van der Waals surface area (Å²) in [7, 11) is -1.61. The Hall–Kier alpha value is -1.11. The van der Waals surface area contributed by atoms with Crippen LogP contribution in [0.5, 0.6) is 5.75 Å². The Labute approximate surface area is 109 Å². The molecule has 0 saturated heterocycles. The quantitative estimate of drug-likeness (QED) is 0.780. The van der Waals surface area contributed by atoms with E-state index in [1.165, 1.54) is 0 Å². The van der Waals surface area contributed by atoms with Crippen molar-refractivity contribution in [1.82, 2.24) is 10.0 Å². The highest BCUT2D eigenvalue weighted by Crippen LogP contribution is 2.22. The van der Waals surface area contributed by atoms with Crippen LogP contribution in [-0.4, -0.2) is 28.6 Å². The van der Waals surface area contributed by atoms with E-state index >= 15 is 0 Å². The van der Waals surface area contributed by atoms with Crippen LogP contribution in [-0.2, 0) is 16.6 Å². The summed E-state index contributed by atoms with van der Waals surface area (Å²) in [5.41, 5.74) is 0.832. The molecule has 0 amide bonds. The molecule has 1 aromatic carbocycles. The van der Waals surface area contributed by atoms with Crippen molar-refractivity contribution >= 4 is 10.0 Å². The van der Waals surface area contributed by atoms with E-state index in [2.05, 4.69) is 10.0 Å². The van der Waals surface area contributed by atoms with Gasteiger partial charge < -0.3 is 10.1 Å². The zero-order valence-corrected chi connectivity index (χ0v) is 11.8. The van der Waals surface area contributed by atoms with Crippen LogP contribution >= 0.6 is 0 Å². The largest absolute Gasteiger partial charge is 0.494 e. The fourth-order valence-electron chi connectivity index (χ4n) is 1.62. The van der Waals surface area contributed by atoms with Gasteiger partial charge in [0.2, 0.25) is 10.0 Å². The Morgan fingerprint density at radius 1 is 1.28 bits per heavy atom. The first-order valence-corrected chi connectivity index (χ1v) is 7.43. The number of benzene rings is 1. The van der Waals surface area contributed by atoms with Gasteiger partial charge in [-0.2, -0.15) is 0 Å². The maximum absolute atomic E-state index is 11.9. The highest BCUT2D eigenvalue weighted by atomic mass is 32.2. The number of sulfonamides is 1. The zero-order chi connectivity index (χ0) is 13.6. The van der Waals surface area contributed by atoms with E-state index in [1.807, 2.05) is 6.92 Å². The average Bonchev–Trinajstić information content (AvgIpc) is 2.31. The van der Waals surface area contributed by atoms with E-state index in [-0.39, 0.29) is 4.90 Å². The third-order valence-electron chi connectivity index (χ3n) is 2.34. The zero-order valence-electron chi connectivity index (χ0n) is 11.0. The lowest BCUT2D eigenvalue weighted by atomic mass is 10.2. The maximum atomic E-state index is 11.9. The molecular weight excluding hydrogens is 252 g/mol. The molecule has 0 aliphatic rings. The number of hydrogen-bond donors (Lipinski definition) is 2. The molecule has 0 saturated carbocycles. The molecule has 0 aliphatic carbocycles. The van der Waals surface area contributed by atoms with Crippen molar-refractivity contribution in [2.75, 3.05) is 20.2 Å². The lowest BCUT2D eigenvalue weighted by molar-refractivity contribution is 0.335. The first kappa shape index (κ1) is 14.9. The molecule has 0 fully saturated rings. The van der Waals surface area contributed by atoms with Crippen molar-refractivity contribution in [1.29, 1.82) is 0 Å². The molecule has 6 heteroatoms. The molecule has 1 rings (SSSR count). The maximum Gasteiger partial charge on any atom is 0.240 e. The molecule has 0 bridgehead atoms. The lowest BCUT2D eigenvalue weighted by Gasteiger charge is -2.12. The monoisotopic (exact) mass is 272 g/mol. The van der Waals surface area contributed by atoms with Crippen LogP contribution in [0.25, 0.3) is 0 Å². The third kappa shape index (κ3) is 3.69. The van der Waals surface area contributed by atoms with Gasteiger partial charge >= 0.3 is 0 Å². The fourth-order valence-corrected chi connectivity index (χ4v) is 2.71. The Morgan fingerprint density at radius 3 is 2.56 bits per heavy atom. The van der Waals surface area contributed by atoms with Gasteiger partial charge in [-0.15, -0.1) is 0 Å². The minimum absolute atomic E-state index is 0.262. The van der Waals surface area contributed by atoms with Crippen LogP contribution in [0.3, 0.4) is 0 Å². The van der Waals surface area contributed by atoms with E-state index in [4.69, 9.17) is 4.74 Å². The lowest BCUT2D eigenvalue weighted by Crippen LogP contribution is -2.23. The number of rotatable bonds is 7. The second-order valence-electron chi connectivity index (χ2n) is 3.73. The summed E-state index contributed by atoms with van der Waals surface area (Å²) < 4.78 is 31.7. The average molecular weight is 272 g/mol. The smallest absolute Gasteiger partial charge is 0.240 e. The van der Waals surface area contributed by atoms with Crippen molar-refractivity contribution in [2.24, 2.45) is 0 Å². The van der Waals surface area contributed by atoms with Gasteiger partial charge in [0.15, 0.2) is 0 Å². The minimum Gasteiger partial charge on any atom is -0.494 e. The minimum atomic E-state index is -3.42. The first-order valence-electron chi connectivity index (χ1n) is 5.95. The number of hydrogen-bond acceptors (Lipinski definition) is 4. The number of ether oxygens (including phenoxy) is 1. The van der Waals surface area contributed by atoms with Crippen LogP contribution in [0.4, 0.5) is 0 Å². The third-order valence-corrected chi connectivity index (χ3v) is 3.89. The SMILES string of the molecule is CCNS(=O)(=O)c1ccc(OCC)c(CNC)c1. The molecule has 0 heterocycles. The van der Waals surface area contributed by atoms with Crippen LogP contribution in [0.2, 0.25) is 0 Å². The first-order chi connectivity index (χ1) is 8.55. The van der Waals surface area contributed by atoms with Gasteiger partial charge in [0.05, 0.1) is 11.5 Å². The summed E-state index contributed by atoms with van der Waals surface area (Å²) in [6, 6.07) is 4.89. The van der Waals surface area contributed by atoms with Gasteiger partial charge in [-0.3, -0.25) is 0 Å². The highest BCUT2D eigenvalue weighted by Gasteiger charge is 2.15. The van der Waals surface area contributed by atoms with Gasteiger partial charge in [0.1, 0.15) is 5.75 Å². The predicted octanol–water partition coefficient (Wildman–Crippen LogP) is 1.10. The summed E-state index contributed by atoms with van der Waals surface area (Å²) in [6.45, 7) is 5.13. The topological polar surface area (TPSA) is 67.4 Å². The van der Waals surface area contributed by atoms with Crippen LogP contribution < -0.4 is 14.8 Å². The standard InChI is InChI=1S/C12H20N2O3S/c1-4-14-18(15,16)11-6-7-12(17-5-2)10(8-11)9-13-3/h6-8,13-14H,4-5,9H2,1-3H3. The van der Waals surface area contributed by atoms with Gasteiger partial charge in [-0.05, 0) is 32.2 Å². The van der Waals surface area contributed by atoms with Gasteiger partial charge in [-0.25, -0.2) is 13.1 Å². The summed E-state index contributed by atoms with van der Waals surface area (Å²) >= 11 is 0. The van der Waals surface area contributed by atoms with Crippen LogP contribution in [0.1, 0.15) is 19.4 Å². The molecule has 0 aromatic heterocycles. The van der Waals surface area contributed by atoms with Crippen molar-refractivity contribution in [3.8, 4) is 5.75 Å². The summed E-state index contributed by atoms with van der Waals surface area (Å²) in [5, 5.41) is 3.00. The predicted molar refractivity (Wildman–Crippen MR) is 71.2 cm³/mol. The van der Waals surface area contributed by atoms with E-state index in [9.17, 15) is 8.42 Å². The van der Waals surface area contributed by atoms with Crippen LogP contribution in [0.15, 0.2) is 23.1 Å². The Bertz CT molecular complexity index is 486. The Morgan fingerprint density at radius 2 is 2.00 bits per heavy atom. The molecule has 18 heavy (non-hydrogen) atoms. The summed E-state index contributed by atoms with van der Waals surface area (Å²) in [6.07, 6.45) is 0. The van der Waals surface area contributed by atoms with Crippen molar-refractivity contribution < 1.29 is 13.2 Å². The molecule has 1 aromatic rings. The molecule has 0 atom stereocenters. The molecule has 0 radical (unpaired) electrons. The normalized spacial score (nSPS) is 11.5. The van der Waals surface area contributed by atoms with Gasteiger partial charge in [-0.1, -0.05) is 6.92 Å². The highest BCUT2D eigenvalue weighted by molar-refractivity contribution is 7.89. The summed E-state index contributed by atoms with van der Waals surface area (Å²) in [5.74, 6) is 0.710. The Kier molecular flexibility index (Phi) is 5.58. The molecule has 5 nitrogen and oxygen atoms in total. The molecule has 0 unspecified atom stereocenters. The van der Waals surface area contributed by atoms with E-state index < -0.39 is 10.0 Å². The number of nitrogens with one attached hydrogen (secondary N) is 2. The van der Waals surface area contributed by atoms with Crippen molar-refractivity contribution in [2.45, 2.75) is 25.3 Å². The van der Waals surface area contributed by atoms with Gasteiger partial charge in [0, 0.05) is 18.7 Å². The molecule has 102 valence electrons. The van der Waals surface area contributed by atoms with E-state index in [1.54, 1.807) is 32.2 Å². The second kappa shape index (κ2) is 6.72. The summed E-state index contributed by atoms with van der Waals surface area (Å²) in [4.78, 5) is 0.262. The Balaban J connectivity index is 3.14. The second-order valence-corrected chi connectivity index (χ2v) is 5.50. The van der Waals surface area contributed by atoms with Crippen molar-refractivity contribution in [3.05, 3.63) is 23.8 Å². The van der Waals surface area contributed by atoms with Gasteiger partial charge in [0.25, 0.3) is 0 Å². The van der Waals surface area contributed by atoms with E-state index in [0.29, 0.717) is 25.4 Å². The van der Waals surface area contributed by atoms with E-state index in [0.717, 1.165) is 5.56 Å². The molecule has 0 spiro atoms.